The van der Waals surface area contributed by atoms with Crippen LogP contribution >= 0.6 is 7.82 Å². The summed E-state index contributed by atoms with van der Waals surface area (Å²) in [5.41, 5.74) is 0. The van der Waals surface area contributed by atoms with Gasteiger partial charge in [-0.15, -0.1) is 0 Å². The van der Waals surface area contributed by atoms with Crippen molar-refractivity contribution in [2.75, 3.05) is 54.1 Å². The number of carbonyl (C=O) groups excluding carboxylic acids is 1. The van der Waals surface area contributed by atoms with Gasteiger partial charge in [-0.1, -0.05) is 290 Å². The zero-order chi connectivity index (χ0) is 49.0. The van der Waals surface area contributed by atoms with Crippen LogP contribution in [0.4, 0.5) is 0 Å². The summed E-state index contributed by atoms with van der Waals surface area (Å²) >= 11 is 0. The summed E-state index contributed by atoms with van der Waals surface area (Å²) in [6.07, 6.45) is 60.1. The van der Waals surface area contributed by atoms with Gasteiger partial charge in [-0.05, 0) is 12.8 Å². The third-order valence-electron chi connectivity index (χ3n) is 13.7. The van der Waals surface area contributed by atoms with Crippen molar-refractivity contribution in [3.63, 3.8) is 0 Å². The first-order chi connectivity index (χ1) is 32.6. The number of esters is 1. The number of phosphoric acid groups is 1. The molecule has 0 amide bonds. The molecular weight excluding hydrogens is 854 g/mol. The molecule has 402 valence electrons. The predicted molar refractivity (Wildman–Crippen MR) is 287 cm³/mol. The number of unbranched alkanes of at least 4 members (excludes halogenated alkanes) is 43. The highest BCUT2D eigenvalue weighted by atomic mass is 31.2. The third-order valence-corrected chi connectivity index (χ3v) is 14.6. The summed E-state index contributed by atoms with van der Waals surface area (Å²) in [6.45, 7) is 5.51. The molecule has 2 unspecified atom stereocenters. The number of carbonyl (C=O) groups is 1. The number of hydrogen-bond acceptors (Lipinski definition) is 7. The van der Waals surface area contributed by atoms with Crippen LogP contribution < -0.4 is 4.89 Å². The van der Waals surface area contributed by atoms with Crippen LogP contribution in [-0.4, -0.2) is 70.7 Å². The quantitative estimate of drug-likeness (QED) is 0.0259. The van der Waals surface area contributed by atoms with Gasteiger partial charge in [-0.3, -0.25) is 9.36 Å². The Bertz CT molecular complexity index is 1040. The number of quaternary nitrogens is 1. The van der Waals surface area contributed by atoms with Crippen molar-refractivity contribution < 1.29 is 37.3 Å². The Morgan fingerprint density at radius 2 is 0.687 bits per heavy atom. The first-order valence-corrected chi connectivity index (χ1v) is 31.2. The summed E-state index contributed by atoms with van der Waals surface area (Å²) < 4.78 is 34.9. The Kier molecular flexibility index (Phi) is 51.5. The molecule has 9 heteroatoms. The number of ether oxygens (including phenoxy) is 2. The van der Waals surface area contributed by atoms with E-state index >= 15 is 0 Å². The SMILES string of the molecule is CCCCCCCCCCCCCCCCCCCCCCCCCOCC(COP(=O)([O-])OCC[N+](C)(C)C)OC(=O)CCCCCCCCCCCCCCCCCCCCCCCC. The van der Waals surface area contributed by atoms with Crippen LogP contribution in [0.3, 0.4) is 0 Å². The molecule has 0 aliphatic rings. The fourth-order valence-corrected chi connectivity index (χ4v) is 9.81. The van der Waals surface area contributed by atoms with E-state index in [1.165, 1.54) is 257 Å². The minimum Gasteiger partial charge on any atom is -0.756 e. The molecule has 0 rings (SSSR count). The molecule has 0 heterocycles. The fourth-order valence-electron chi connectivity index (χ4n) is 9.08. The van der Waals surface area contributed by atoms with Gasteiger partial charge in [0.2, 0.25) is 0 Å². The summed E-state index contributed by atoms with van der Waals surface area (Å²) in [5.74, 6) is -0.323. The van der Waals surface area contributed by atoms with Crippen molar-refractivity contribution in [2.24, 2.45) is 0 Å². The highest BCUT2D eigenvalue weighted by molar-refractivity contribution is 7.45. The van der Waals surface area contributed by atoms with E-state index in [2.05, 4.69) is 13.8 Å². The Labute approximate surface area is 418 Å². The van der Waals surface area contributed by atoms with E-state index in [1.54, 1.807) is 0 Å². The predicted octanol–water partition coefficient (Wildman–Crippen LogP) is 18.1. The minimum atomic E-state index is -4.53. The highest BCUT2D eigenvalue weighted by Gasteiger charge is 2.20. The Hall–Kier alpha value is -0.500. The average molecular weight is 973 g/mol. The second-order valence-electron chi connectivity index (χ2n) is 21.7. The Balaban J connectivity index is 3.99. The van der Waals surface area contributed by atoms with Crippen molar-refractivity contribution in [1.82, 2.24) is 0 Å². The van der Waals surface area contributed by atoms with Crippen molar-refractivity contribution in [2.45, 2.75) is 315 Å². The fraction of sp³-hybridized carbons (Fsp3) is 0.983. The molecule has 8 nitrogen and oxygen atoms in total. The molecule has 0 bridgehead atoms. The standard InChI is InChI=1S/C58H118NO7P/c1-6-8-10-12-14-16-18-20-22-24-26-28-30-32-34-36-38-40-42-44-46-48-50-53-63-55-57(56-65-67(61,62)64-54-52-59(3,4)5)66-58(60)51-49-47-45-43-41-39-37-35-33-31-29-27-25-23-21-19-17-15-13-11-9-7-2/h57H,6-56H2,1-5H3. The lowest BCUT2D eigenvalue weighted by atomic mass is 10.0. The topological polar surface area (TPSA) is 94.1 Å². The number of nitrogens with zero attached hydrogens (tertiary/aromatic N) is 1. The van der Waals surface area contributed by atoms with E-state index in [0.29, 0.717) is 24.1 Å². The van der Waals surface area contributed by atoms with Crippen molar-refractivity contribution in [1.29, 1.82) is 0 Å². The van der Waals surface area contributed by atoms with Gasteiger partial charge < -0.3 is 27.9 Å². The van der Waals surface area contributed by atoms with Crippen molar-refractivity contribution in [3.05, 3.63) is 0 Å². The first-order valence-electron chi connectivity index (χ1n) is 29.8. The van der Waals surface area contributed by atoms with E-state index in [9.17, 15) is 14.3 Å². The number of rotatable bonds is 57. The van der Waals surface area contributed by atoms with Crippen molar-refractivity contribution in [3.8, 4) is 0 Å². The molecule has 0 saturated carbocycles. The first kappa shape index (κ1) is 66.5. The van der Waals surface area contributed by atoms with E-state index in [-0.39, 0.29) is 25.8 Å². The maximum atomic E-state index is 12.8. The molecule has 0 aromatic rings. The molecule has 0 spiro atoms. The van der Waals surface area contributed by atoms with Gasteiger partial charge in [-0.25, -0.2) is 0 Å². The minimum absolute atomic E-state index is 0.0320. The molecule has 0 N–H and O–H groups in total. The molecule has 0 aliphatic heterocycles. The Morgan fingerprint density at radius 3 is 0.985 bits per heavy atom. The average Bonchev–Trinajstić information content (AvgIpc) is 3.29. The summed E-state index contributed by atoms with van der Waals surface area (Å²) in [6, 6.07) is 0. The van der Waals surface area contributed by atoms with Crippen molar-refractivity contribution >= 4 is 13.8 Å². The molecule has 0 saturated heterocycles. The smallest absolute Gasteiger partial charge is 0.306 e. The molecule has 0 aromatic heterocycles. The normalized spacial score (nSPS) is 13.3. The number of likely N-dealkylation sites (N-methyl/N-ethyl adjacent to an activating group) is 1. The molecule has 0 fully saturated rings. The number of hydrogen-bond donors (Lipinski definition) is 0. The van der Waals surface area contributed by atoms with Crippen LogP contribution in [0.5, 0.6) is 0 Å². The summed E-state index contributed by atoms with van der Waals surface area (Å²) in [4.78, 5) is 25.3. The lowest BCUT2D eigenvalue weighted by Gasteiger charge is -2.28. The third kappa shape index (κ3) is 56.3. The molecule has 67 heavy (non-hydrogen) atoms. The maximum absolute atomic E-state index is 12.8. The zero-order valence-corrected chi connectivity index (χ0v) is 46.8. The van der Waals surface area contributed by atoms with Crippen LogP contribution in [0.25, 0.3) is 0 Å². The number of phosphoric ester groups is 1. The molecule has 0 radical (unpaired) electrons. The van der Waals surface area contributed by atoms with Crippen LogP contribution in [-0.2, 0) is 27.9 Å². The van der Waals surface area contributed by atoms with Crippen LogP contribution in [0.2, 0.25) is 0 Å². The van der Waals surface area contributed by atoms with Gasteiger partial charge in [-0.2, -0.15) is 0 Å². The van der Waals surface area contributed by atoms with E-state index < -0.39 is 13.9 Å². The second-order valence-corrected chi connectivity index (χ2v) is 23.1. The zero-order valence-electron chi connectivity index (χ0n) is 45.9. The molecular formula is C58H118NO7P. The van der Waals surface area contributed by atoms with E-state index in [4.69, 9.17) is 18.5 Å². The molecule has 0 aliphatic carbocycles. The van der Waals surface area contributed by atoms with E-state index in [0.717, 1.165) is 32.1 Å². The van der Waals surface area contributed by atoms with Crippen LogP contribution in [0, 0.1) is 0 Å². The van der Waals surface area contributed by atoms with Crippen LogP contribution in [0.15, 0.2) is 0 Å². The molecule has 2 atom stereocenters. The van der Waals surface area contributed by atoms with Gasteiger partial charge >= 0.3 is 5.97 Å². The molecule has 0 aromatic carbocycles. The van der Waals surface area contributed by atoms with Gasteiger partial charge in [0.25, 0.3) is 7.82 Å². The summed E-state index contributed by atoms with van der Waals surface area (Å²) in [7, 11) is 1.38. The Morgan fingerprint density at radius 1 is 0.403 bits per heavy atom. The lowest BCUT2D eigenvalue weighted by molar-refractivity contribution is -0.870. The van der Waals surface area contributed by atoms with Gasteiger partial charge in [0.1, 0.15) is 19.3 Å². The summed E-state index contributed by atoms with van der Waals surface area (Å²) in [5, 5.41) is 0. The van der Waals surface area contributed by atoms with Gasteiger partial charge in [0, 0.05) is 13.0 Å². The largest absolute Gasteiger partial charge is 0.756 e. The van der Waals surface area contributed by atoms with E-state index in [1.807, 2.05) is 21.1 Å². The lowest BCUT2D eigenvalue weighted by Crippen LogP contribution is -2.37. The highest BCUT2D eigenvalue weighted by Crippen LogP contribution is 2.38. The van der Waals surface area contributed by atoms with Crippen LogP contribution in [0.1, 0.15) is 309 Å². The second kappa shape index (κ2) is 51.8. The maximum Gasteiger partial charge on any atom is 0.306 e. The van der Waals surface area contributed by atoms with Gasteiger partial charge in [0.05, 0.1) is 34.4 Å². The van der Waals surface area contributed by atoms with Gasteiger partial charge in [0.15, 0.2) is 0 Å². The monoisotopic (exact) mass is 972 g/mol.